The first-order valence-electron chi connectivity index (χ1n) is 33.2. The van der Waals surface area contributed by atoms with Crippen molar-refractivity contribution in [1.82, 2.24) is 0 Å². The van der Waals surface area contributed by atoms with Crippen LogP contribution in [0.1, 0.15) is 306 Å². The van der Waals surface area contributed by atoms with Gasteiger partial charge in [-0.3, -0.25) is 37.3 Å². The number of rotatable bonds is 61. The standard InChI is InChI=1S/C64H124O17P2/c1-9-57(8)43-35-27-17-12-10-11-13-19-30-38-46-63(68)80-59(51-75-62(67)45-37-29-22-20-25-33-41-55(4)5)52-78-82(70,71)76-48-58(65)49-77-83(72,73)79-53-60(81-64(69)47-39-31-23-21-26-34-42-56(6)7)50-74-61(66)44-36-28-18-15-14-16-24-32-40-54(2)3/h54-60,65H,9-53H2,1-8H3,(H,70,71)(H,72,73)/t57?,58?,59-,60-/m1/s1. The molecule has 0 rings (SSSR count). The van der Waals surface area contributed by atoms with Gasteiger partial charge < -0.3 is 33.8 Å². The predicted molar refractivity (Wildman–Crippen MR) is 331 cm³/mol. The van der Waals surface area contributed by atoms with Crippen molar-refractivity contribution in [2.45, 2.75) is 324 Å². The summed E-state index contributed by atoms with van der Waals surface area (Å²) in [5, 5.41) is 10.5. The Morgan fingerprint density at radius 2 is 0.578 bits per heavy atom. The average molecular weight is 1230 g/mol. The lowest BCUT2D eigenvalue weighted by Crippen LogP contribution is -2.30. The number of carbonyl (C=O) groups excluding carboxylic acids is 4. The SMILES string of the molecule is CCC(C)CCCCCCCCCCCCC(=O)O[C@H](COC(=O)CCCCCCCCC(C)C)COP(=O)(O)OCC(O)COP(=O)(O)OC[C@@H](COC(=O)CCCCCCCCCCC(C)C)OC(=O)CCCCCCCCC(C)C. The van der Waals surface area contributed by atoms with Gasteiger partial charge in [0.2, 0.25) is 0 Å². The lowest BCUT2D eigenvalue weighted by atomic mass is 9.99. The third-order valence-corrected chi connectivity index (χ3v) is 16.8. The fourth-order valence-corrected chi connectivity index (χ4v) is 11.0. The summed E-state index contributed by atoms with van der Waals surface area (Å²) in [7, 11) is -9.89. The van der Waals surface area contributed by atoms with Crippen LogP contribution in [0.5, 0.6) is 0 Å². The lowest BCUT2D eigenvalue weighted by molar-refractivity contribution is -0.161. The van der Waals surface area contributed by atoms with Gasteiger partial charge in [-0.15, -0.1) is 0 Å². The Morgan fingerprint density at radius 3 is 0.855 bits per heavy atom. The molecule has 0 saturated heterocycles. The number of esters is 4. The molecular weight excluding hydrogens is 1100 g/mol. The summed E-state index contributed by atoms with van der Waals surface area (Å²) in [5.74, 6) is 0.734. The Balaban J connectivity index is 5.23. The van der Waals surface area contributed by atoms with Crippen LogP contribution in [-0.4, -0.2) is 96.7 Å². The number of ether oxygens (including phenoxy) is 4. The van der Waals surface area contributed by atoms with E-state index in [9.17, 15) is 43.2 Å². The van der Waals surface area contributed by atoms with E-state index < -0.39 is 97.5 Å². The predicted octanol–water partition coefficient (Wildman–Crippen LogP) is 17.4. The van der Waals surface area contributed by atoms with Crippen LogP contribution in [0, 0.1) is 23.7 Å². The molecule has 0 aromatic heterocycles. The zero-order chi connectivity index (χ0) is 61.8. The minimum atomic E-state index is -4.95. The minimum Gasteiger partial charge on any atom is -0.462 e. The van der Waals surface area contributed by atoms with E-state index in [-0.39, 0.29) is 25.7 Å². The van der Waals surface area contributed by atoms with E-state index in [0.717, 1.165) is 108 Å². The Morgan fingerprint density at radius 1 is 0.337 bits per heavy atom. The smallest absolute Gasteiger partial charge is 0.462 e. The molecule has 0 bridgehead atoms. The number of aliphatic hydroxyl groups excluding tert-OH is 1. The highest BCUT2D eigenvalue weighted by Crippen LogP contribution is 2.45. The molecule has 492 valence electrons. The molecule has 4 unspecified atom stereocenters. The molecule has 3 N–H and O–H groups in total. The number of unbranched alkanes of at least 4 members (excludes halogenated alkanes) is 26. The maximum Gasteiger partial charge on any atom is 0.472 e. The molecule has 0 radical (unpaired) electrons. The largest absolute Gasteiger partial charge is 0.472 e. The second kappa shape index (κ2) is 54.2. The highest BCUT2D eigenvalue weighted by Gasteiger charge is 2.30. The van der Waals surface area contributed by atoms with Gasteiger partial charge in [0.05, 0.1) is 26.4 Å². The maximum absolute atomic E-state index is 13.0. The monoisotopic (exact) mass is 1230 g/mol. The zero-order valence-corrected chi connectivity index (χ0v) is 55.6. The van der Waals surface area contributed by atoms with Gasteiger partial charge in [0.15, 0.2) is 12.2 Å². The van der Waals surface area contributed by atoms with Crippen LogP contribution >= 0.6 is 15.6 Å². The molecule has 0 heterocycles. The van der Waals surface area contributed by atoms with E-state index in [1.54, 1.807) is 0 Å². The summed E-state index contributed by atoms with van der Waals surface area (Å²) in [4.78, 5) is 72.2. The van der Waals surface area contributed by atoms with Crippen molar-refractivity contribution in [3.8, 4) is 0 Å². The highest BCUT2D eigenvalue weighted by molar-refractivity contribution is 7.47. The van der Waals surface area contributed by atoms with Gasteiger partial charge in [0.1, 0.15) is 19.3 Å². The third kappa shape index (κ3) is 57.6. The summed E-state index contributed by atoms with van der Waals surface area (Å²) in [6, 6.07) is 0. The Hall–Kier alpha value is -1.94. The van der Waals surface area contributed by atoms with Crippen LogP contribution < -0.4 is 0 Å². The fourth-order valence-electron chi connectivity index (χ4n) is 9.40. The van der Waals surface area contributed by atoms with Gasteiger partial charge in [-0.2, -0.15) is 0 Å². The molecular formula is C64H124O17P2. The maximum atomic E-state index is 13.0. The van der Waals surface area contributed by atoms with Crippen LogP contribution in [0.4, 0.5) is 0 Å². The van der Waals surface area contributed by atoms with Crippen LogP contribution in [0.3, 0.4) is 0 Å². The summed E-state index contributed by atoms with van der Waals surface area (Å²) < 4.78 is 67.9. The summed E-state index contributed by atoms with van der Waals surface area (Å²) in [6.45, 7) is 13.9. The fraction of sp³-hybridized carbons (Fsp3) is 0.938. The van der Waals surface area contributed by atoms with Gasteiger partial charge in [-0.1, -0.05) is 254 Å². The van der Waals surface area contributed by atoms with Gasteiger partial charge in [-0.05, 0) is 49.4 Å². The number of phosphoric ester groups is 2. The van der Waals surface area contributed by atoms with Crippen molar-refractivity contribution >= 4 is 39.5 Å². The molecule has 0 aliphatic heterocycles. The summed E-state index contributed by atoms with van der Waals surface area (Å²) in [6.07, 6.45) is 33.7. The Bertz CT molecular complexity index is 1660. The normalized spacial score (nSPS) is 14.8. The van der Waals surface area contributed by atoms with Crippen LogP contribution in [0.2, 0.25) is 0 Å². The van der Waals surface area contributed by atoms with E-state index in [1.165, 1.54) is 103 Å². The van der Waals surface area contributed by atoms with Crippen molar-refractivity contribution in [2.75, 3.05) is 39.6 Å². The number of aliphatic hydroxyl groups is 1. The molecule has 19 heteroatoms. The van der Waals surface area contributed by atoms with Gasteiger partial charge in [-0.25, -0.2) is 9.13 Å². The second-order valence-electron chi connectivity index (χ2n) is 24.8. The number of carbonyl (C=O) groups is 4. The zero-order valence-electron chi connectivity index (χ0n) is 53.8. The van der Waals surface area contributed by atoms with Gasteiger partial charge in [0, 0.05) is 25.7 Å². The van der Waals surface area contributed by atoms with Crippen LogP contribution in [-0.2, 0) is 65.4 Å². The van der Waals surface area contributed by atoms with Crippen LogP contribution in [0.15, 0.2) is 0 Å². The Kier molecular flexibility index (Phi) is 53.0. The van der Waals surface area contributed by atoms with Gasteiger partial charge >= 0.3 is 39.5 Å². The number of phosphoric acid groups is 2. The average Bonchev–Trinajstić information content (AvgIpc) is 3.45. The molecule has 6 atom stereocenters. The summed E-state index contributed by atoms with van der Waals surface area (Å²) in [5.41, 5.74) is 0. The molecule has 17 nitrogen and oxygen atoms in total. The molecule has 0 aliphatic rings. The van der Waals surface area contributed by atoms with Crippen molar-refractivity contribution in [1.29, 1.82) is 0 Å². The highest BCUT2D eigenvalue weighted by atomic mass is 31.2. The third-order valence-electron chi connectivity index (χ3n) is 14.9. The quantitative estimate of drug-likeness (QED) is 0.0222. The van der Waals surface area contributed by atoms with Crippen LogP contribution in [0.25, 0.3) is 0 Å². The molecule has 0 fully saturated rings. The second-order valence-corrected chi connectivity index (χ2v) is 27.7. The van der Waals surface area contributed by atoms with Crippen molar-refractivity contribution in [3.63, 3.8) is 0 Å². The summed E-state index contributed by atoms with van der Waals surface area (Å²) >= 11 is 0. The van der Waals surface area contributed by atoms with Crippen molar-refractivity contribution in [3.05, 3.63) is 0 Å². The molecule has 0 aromatic carbocycles. The van der Waals surface area contributed by atoms with Crippen molar-refractivity contribution in [2.24, 2.45) is 23.7 Å². The van der Waals surface area contributed by atoms with Crippen molar-refractivity contribution < 1.29 is 80.2 Å². The topological polar surface area (TPSA) is 237 Å². The molecule has 0 amide bonds. The van der Waals surface area contributed by atoms with E-state index >= 15 is 0 Å². The molecule has 0 aliphatic carbocycles. The molecule has 0 saturated carbocycles. The molecule has 0 spiro atoms. The van der Waals surface area contributed by atoms with E-state index in [0.29, 0.717) is 37.5 Å². The minimum absolute atomic E-state index is 0.101. The Labute approximate surface area is 505 Å². The lowest BCUT2D eigenvalue weighted by Gasteiger charge is -2.21. The first-order chi connectivity index (χ1) is 39.6. The first kappa shape index (κ1) is 81.1. The number of hydrogen-bond acceptors (Lipinski definition) is 15. The van der Waals surface area contributed by atoms with Gasteiger partial charge in [0.25, 0.3) is 0 Å². The molecule has 83 heavy (non-hydrogen) atoms. The molecule has 0 aromatic rings. The van der Waals surface area contributed by atoms with E-state index in [1.807, 2.05) is 0 Å². The van der Waals surface area contributed by atoms with E-state index in [4.69, 9.17) is 37.0 Å². The number of hydrogen-bond donors (Lipinski definition) is 3. The first-order valence-corrected chi connectivity index (χ1v) is 36.2. The van der Waals surface area contributed by atoms with E-state index in [2.05, 4.69) is 55.4 Å².